The minimum absolute atomic E-state index is 0.324. The van der Waals surface area contributed by atoms with Gasteiger partial charge in [0.1, 0.15) is 0 Å². The zero-order valence-corrected chi connectivity index (χ0v) is 12.2. The van der Waals surface area contributed by atoms with Crippen molar-refractivity contribution in [2.24, 2.45) is 0 Å². The van der Waals surface area contributed by atoms with Crippen LogP contribution in [0.2, 0.25) is 0 Å². The van der Waals surface area contributed by atoms with Crippen LogP contribution < -0.4 is 5.32 Å². The predicted octanol–water partition coefficient (Wildman–Crippen LogP) is 3.20. The highest BCUT2D eigenvalue weighted by Gasteiger charge is 2.41. The molecule has 1 aliphatic rings. The lowest BCUT2D eigenvalue weighted by atomic mass is 9.80. The van der Waals surface area contributed by atoms with Gasteiger partial charge in [-0.2, -0.15) is 0 Å². The first kappa shape index (κ1) is 14.7. The molecule has 0 aromatic rings. The number of hydrogen-bond acceptors (Lipinski definition) is 2. The van der Waals surface area contributed by atoms with Gasteiger partial charge in [0.25, 0.3) is 0 Å². The summed E-state index contributed by atoms with van der Waals surface area (Å²) in [7, 11) is 2.10. The van der Waals surface area contributed by atoms with Crippen molar-refractivity contribution in [1.82, 2.24) is 10.2 Å². The summed E-state index contributed by atoms with van der Waals surface area (Å²) in [4.78, 5) is 2.72. The van der Waals surface area contributed by atoms with Crippen molar-refractivity contribution in [2.75, 3.05) is 20.1 Å². The molecule has 1 rings (SSSR count). The molecular formula is C15H30N2. The number of nitrogens with zero attached hydrogens (tertiary/aromatic N) is 1. The summed E-state index contributed by atoms with van der Waals surface area (Å²) >= 11 is 0. The van der Waals surface area contributed by atoms with E-state index in [4.69, 9.17) is 0 Å². The molecule has 0 bridgehead atoms. The Morgan fingerprint density at radius 2 is 1.82 bits per heavy atom. The van der Waals surface area contributed by atoms with E-state index >= 15 is 0 Å². The highest BCUT2D eigenvalue weighted by molar-refractivity contribution is 5.05. The summed E-state index contributed by atoms with van der Waals surface area (Å²) < 4.78 is 0. The average Bonchev–Trinajstić information content (AvgIpc) is 2.83. The summed E-state index contributed by atoms with van der Waals surface area (Å²) in [5, 5.41) is 3.55. The lowest BCUT2D eigenvalue weighted by molar-refractivity contribution is 0.0651. The average molecular weight is 238 g/mol. The third-order valence-corrected chi connectivity index (χ3v) is 4.51. The third kappa shape index (κ3) is 3.11. The SMILES string of the molecule is C=C(C)CC(NC)C(CC)(CC)N1CCCC1. The largest absolute Gasteiger partial charge is 0.315 e. The standard InChI is InChI=1S/C15H30N2/c1-6-15(7-2,17-10-8-9-11-17)14(16-5)12-13(3)4/h14,16H,3,6-12H2,1-2,4-5H3. The highest BCUT2D eigenvalue weighted by atomic mass is 15.2. The van der Waals surface area contributed by atoms with Gasteiger partial charge in [0, 0.05) is 11.6 Å². The molecule has 17 heavy (non-hydrogen) atoms. The van der Waals surface area contributed by atoms with Gasteiger partial charge in [0.2, 0.25) is 0 Å². The van der Waals surface area contributed by atoms with Crippen LogP contribution in [0.3, 0.4) is 0 Å². The van der Waals surface area contributed by atoms with Gasteiger partial charge in [0.05, 0.1) is 0 Å². The van der Waals surface area contributed by atoms with Crippen molar-refractivity contribution in [1.29, 1.82) is 0 Å². The fourth-order valence-electron chi connectivity index (χ4n) is 3.48. The molecule has 1 heterocycles. The van der Waals surface area contributed by atoms with E-state index in [1.54, 1.807) is 0 Å². The summed E-state index contributed by atoms with van der Waals surface area (Å²) in [6.07, 6.45) is 6.27. The van der Waals surface area contributed by atoms with E-state index < -0.39 is 0 Å². The molecule has 1 aliphatic heterocycles. The Bertz CT molecular complexity index is 237. The van der Waals surface area contributed by atoms with Gasteiger partial charge >= 0.3 is 0 Å². The number of hydrogen-bond donors (Lipinski definition) is 1. The van der Waals surface area contributed by atoms with Gasteiger partial charge in [-0.1, -0.05) is 19.4 Å². The van der Waals surface area contributed by atoms with Crippen molar-refractivity contribution < 1.29 is 0 Å². The van der Waals surface area contributed by atoms with E-state index in [1.807, 2.05) is 0 Å². The normalized spacial score (nSPS) is 19.5. The summed E-state index contributed by atoms with van der Waals surface area (Å²) in [5.74, 6) is 0. The minimum Gasteiger partial charge on any atom is -0.315 e. The minimum atomic E-state index is 0.324. The van der Waals surface area contributed by atoms with Crippen molar-refractivity contribution in [3.05, 3.63) is 12.2 Å². The molecule has 1 atom stereocenters. The Morgan fingerprint density at radius 1 is 1.29 bits per heavy atom. The van der Waals surface area contributed by atoms with E-state index in [0.717, 1.165) is 6.42 Å². The van der Waals surface area contributed by atoms with Crippen LogP contribution in [0.25, 0.3) is 0 Å². The molecule has 0 aromatic carbocycles. The van der Waals surface area contributed by atoms with Crippen LogP contribution in [0.1, 0.15) is 52.9 Å². The van der Waals surface area contributed by atoms with Crippen LogP contribution in [0.5, 0.6) is 0 Å². The summed E-state index contributed by atoms with van der Waals surface area (Å²) in [6.45, 7) is 13.5. The first-order valence-corrected chi connectivity index (χ1v) is 7.17. The topological polar surface area (TPSA) is 15.3 Å². The van der Waals surface area contributed by atoms with Gasteiger partial charge in [-0.15, -0.1) is 6.58 Å². The van der Waals surface area contributed by atoms with Gasteiger partial charge in [-0.3, -0.25) is 4.90 Å². The van der Waals surface area contributed by atoms with Crippen molar-refractivity contribution in [3.8, 4) is 0 Å². The quantitative estimate of drug-likeness (QED) is 0.685. The van der Waals surface area contributed by atoms with Crippen molar-refractivity contribution >= 4 is 0 Å². The van der Waals surface area contributed by atoms with E-state index in [2.05, 4.69) is 44.6 Å². The first-order chi connectivity index (χ1) is 8.10. The zero-order valence-electron chi connectivity index (χ0n) is 12.2. The molecule has 0 saturated carbocycles. The smallest absolute Gasteiger partial charge is 0.0360 e. The Hall–Kier alpha value is -0.340. The fraction of sp³-hybridized carbons (Fsp3) is 0.867. The van der Waals surface area contributed by atoms with Crippen LogP contribution in [0.4, 0.5) is 0 Å². The molecule has 1 saturated heterocycles. The number of nitrogens with one attached hydrogen (secondary N) is 1. The monoisotopic (exact) mass is 238 g/mol. The van der Waals surface area contributed by atoms with E-state index in [0.29, 0.717) is 11.6 Å². The van der Waals surface area contributed by atoms with Gasteiger partial charge in [-0.05, 0) is 59.2 Å². The molecule has 1 unspecified atom stereocenters. The summed E-state index contributed by atoms with van der Waals surface area (Å²) in [6, 6.07) is 0.535. The maximum Gasteiger partial charge on any atom is 0.0360 e. The molecule has 1 N–H and O–H groups in total. The van der Waals surface area contributed by atoms with Gasteiger partial charge in [0.15, 0.2) is 0 Å². The van der Waals surface area contributed by atoms with E-state index in [9.17, 15) is 0 Å². The maximum absolute atomic E-state index is 4.09. The highest BCUT2D eigenvalue weighted by Crippen LogP contribution is 2.33. The van der Waals surface area contributed by atoms with Gasteiger partial charge < -0.3 is 5.32 Å². The number of likely N-dealkylation sites (tertiary alicyclic amines) is 1. The Balaban J connectivity index is 2.89. The van der Waals surface area contributed by atoms with Crippen molar-refractivity contribution in [3.63, 3.8) is 0 Å². The maximum atomic E-state index is 4.09. The number of likely N-dealkylation sites (N-methyl/N-ethyl adjacent to an activating group) is 1. The van der Waals surface area contributed by atoms with E-state index in [1.165, 1.54) is 44.3 Å². The Labute approximate surface area is 107 Å². The van der Waals surface area contributed by atoms with Gasteiger partial charge in [-0.25, -0.2) is 0 Å². The zero-order chi connectivity index (χ0) is 12.9. The van der Waals surface area contributed by atoms with Crippen LogP contribution in [0, 0.1) is 0 Å². The second kappa shape index (κ2) is 6.55. The molecular weight excluding hydrogens is 208 g/mol. The molecule has 0 spiro atoms. The first-order valence-electron chi connectivity index (χ1n) is 7.17. The summed E-state index contributed by atoms with van der Waals surface area (Å²) in [5.41, 5.74) is 1.61. The Morgan fingerprint density at radius 3 is 2.18 bits per heavy atom. The molecule has 2 nitrogen and oxygen atoms in total. The fourth-order valence-corrected chi connectivity index (χ4v) is 3.48. The third-order valence-electron chi connectivity index (χ3n) is 4.51. The molecule has 100 valence electrons. The number of rotatable bonds is 7. The van der Waals surface area contributed by atoms with Crippen LogP contribution >= 0.6 is 0 Å². The van der Waals surface area contributed by atoms with Crippen LogP contribution in [-0.2, 0) is 0 Å². The molecule has 2 heteroatoms. The van der Waals surface area contributed by atoms with Crippen molar-refractivity contribution in [2.45, 2.75) is 64.5 Å². The lowest BCUT2D eigenvalue weighted by Gasteiger charge is -2.47. The van der Waals surface area contributed by atoms with Crippen LogP contribution in [0.15, 0.2) is 12.2 Å². The molecule has 0 amide bonds. The predicted molar refractivity (Wildman–Crippen MR) is 76.4 cm³/mol. The second-order valence-electron chi connectivity index (χ2n) is 5.51. The lowest BCUT2D eigenvalue weighted by Crippen LogP contribution is -2.59. The Kier molecular flexibility index (Phi) is 5.68. The second-order valence-corrected chi connectivity index (χ2v) is 5.51. The molecule has 1 fully saturated rings. The van der Waals surface area contributed by atoms with E-state index in [-0.39, 0.29) is 0 Å². The van der Waals surface area contributed by atoms with Crippen LogP contribution in [-0.4, -0.2) is 36.6 Å². The molecule has 0 radical (unpaired) electrons. The molecule has 0 aliphatic carbocycles. The molecule has 0 aromatic heterocycles.